The van der Waals surface area contributed by atoms with Crippen LogP contribution in [0.15, 0.2) is 30.3 Å². The Morgan fingerprint density at radius 2 is 1.74 bits per heavy atom. The molecule has 23 heavy (non-hydrogen) atoms. The topological polar surface area (TPSA) is 27.8 Å². The monoisotopic (exact) mass is 312 g/mol. The minimum absolute atomic E-state index is 0.659. The highest BCUT2D eigenvalue weighted by Crippen LogP contribution is 2.32. The largest absolute Gasteiger partial charge is 0.388 e. The van der Waals surface area contributed by atoms with E-state index in [1.807, 2.05) is 7.05 Å². The Hall–Kier alpha value is -1.70. The van der Waals surface area contributed by atoms with E-state index in [0.717, 1.165) is 11.6 Å². The van der Waals surface area contributed by atoms with Gasteiger partial charge in [-0.15, -0.1) is 0 Å². The molecular weight excluding hydrogens is 280 g/mol. The van der Waals surface area contributed by atoms with Gasteiger partial charge < -0.3 is 10.3 Å². The van der Waals surface area contributed by atoms with E-state index in [4.69, 9.17) is 0 Å². The molecule has 0 aliphatic heterocycles. The van der Waals surface area contributed by atoms with Gasteiger partial charge in [-0.2, -0.15) is 0 Å². The second-order valence-corrected chi connectivity index (χ2v) is 7.07. The van der Waals surface area contributed by atoms with Gasteiger partial charge in [0.25, 0.3) is 0 Å². The van der Waals surface area contributed by atoms with Crippen molar-refractivity contribution in [1.29, 1.82) is 0 Å². The highest BCUT2D eigenvalue weighted by molar-refractivity contribution is 5.66. The molecule has 1 unspecified atom stereocenters. The molecule has 0 bridgehead atoms. The summed E-state index contributed by atoms with van der Waals surface area (Å²) in [4.78, 5) is 3.72. The quantitative estimate of drug-likeness (QED) is 0.584. The third kappa shape index (κ3) is 4.63. The summed E-state index contributed by atoms with van der Waals surface area (Å²) in [6, 6.07) is 11.0. The first-order valence-corrected chi connectivity index (χ1v) is 9.02. The molecule has 0 fully saturated rings. The summed E-state index contributed by atoms with van der Waals surface area (Å²) < 4.78 is 0. The van der Waals surface area contributed by atoms with Gasteiger partial charge in [-0.25, -0.2) is 0 Å². The lowest BCUT2D eigenvalue weighted by Crippen LogP contribution is -2.01. The van der Waals surface area contributed by atoms with Crippen molar-refractivity contribution in [2.45, 2.75) is 59.3 Å². The molecule has 0 saturated heterocycles. The van der Waals surface area contributed by atoms with Crippen molar-refractivity contribution in [1.82, 2.24) is 4.98 Å². The third-order valence-corrected chi connectivity index (χ3v) is 4.67. The summed E-state index contributed by atoms with van der Waals surface area (Å²) in [5, 5.41) is 3.18. The fourth-order valence-corrected chi connectivity index (χ4v) is 3.25. The van der Waals surface area contributed by atoms with Gasteiger partial charge in [0.1, 0.15) is 0 Å². The zero-order chi connectivity index (χ0) is 16.8. The normalized spacial score (nSPS) is 12.6. The number of hydrogen-bond donors (Lipinski definition) is 2. The Labute approximate surface area is 141 Å². The minimum atomic E-state index is 0.659. The summed E-state index contributed by atoms with van der Waals surface area (Å²) in [6.45, 7) is 9.14. The summed E-state index contributed by atoms with van der Waals surface area (Å²) in [6.07, 6.45) is 5.09. The van der Waals surface area contributed by atoms with Gasteiger partial charge in [0.15, 0.2) is 0 Å². The highest BCUT2D eigenvalue weighted by atomic mass is 14.8. The predicted octanol–water partition coefficient (Wildman–Crippen LogP) is 6.35. The van der Waals surface area contributed by atoms with Crippen LogP contribution in [0, 0.1) is 12.8 Å². The van der Waals surface area contributed by atoms with Crippen LogP contribution < -0.4 is 5.32 Å². The van der Waals surface area contributed by atoms with Gasteiger partial charge in [-0.05, 0) is 60.9 Å². The first-order chi connectivity index (χ1) is 11.0. The first kappa shape index (κ1) is 17.7. The van der Waals surface area contributed by atoms with Crippen molar-refractivity contribution in [2.24, 2.45) is 5.92 Å². The van der Waals surface area contributed by atoms with Crippen LogP contribution in [0.2, 0.25) is 0 Å². The Morgan fingerprint density at radius 3 is 2.30 bits per heavy atom. The fourth-order valence-electron chi connectivity index (χ4n) is 3.25. The molecule has 0 aliphatic carbocycles. The van der Waals surface area contributed by atoms with Crippen molar-refractivity contribution >= 4 is 5.69 Å². The van der Waals surface area contributed by atoms with Gasteiger partial charge >= 0.3 is 0 Å². The maximum Gasteiger partial charge on any atom is 0.0485 e. The van der Waals surface area contributed by atoms with E-state index in [1.165, 1.54) is 48.2 Å². The molecule has 0 spiro atoms. The standard InChI is InChI=1S/C21H32N2/c1-6-7-17(9-8-15(2)3)20-14-16(4)21(23-20)18-10-12-19(22-5)13-11-18/h10-15,17,22-23H,6-9H2,1-5H3. The molecule has 2 nitrogen and oxygen atoms in total. The van der Waals surface area contributed by atoms with Gasteiger partial charge in [0.05, 0.1) is 0 Å². The molecule has 0 aliphatic rings. The van der Waals surface area contributed by atoms with Gasteiger partial charge in [0.2, 0.25) is 0 Å². The molecule has 2 N–H and O–H groups in total. The van der Waals surface area contributed by atoms with Crippen molar-refractivity contribution in [3.63, 3.8) is 0 Å². The lowest BCUT2D eigenvalue weighted by atomic mass is 9.91. The van der Waals surface area contributed by atoms with Crippen LogP contribution >= 0.6 is 0 Å². The van der Waals surface area contributed by atoms with E-state index in [0.29, 0.717) is 5.92 Å². The Bertz CT molecular complexity index is 593. The number of aromatic amines is 1. The first-order valence-electron chi connectivity index (χ1n) is 9.02. The zero-order valence-corrected chi connectivity index (χ0v) is 15.4. The van der Waals surface area contributed by atoms with Crippen LogP contribution in [-0.2, 0) is 0 Å². The van der Waals surface area contributed by atoms with Crippen LogP contribution in [0.25, 0.3) is 11.3 Å². The second kappa shape index (κ2) is 8.24. The van der Waals surface area contributed by atoms with Crippen LogP contribution in [0.3, 0.4) is 0 Å². The molecule has 2 aromatic rings. The molecule has 1 aromatic heterocycles. The average Bonchev–Trinajstić information content (AvgIpc) is 2.93. The molecule has 0 saturated carbocycles. The number of benzene rings is 1. The van der Waals surface area contributed by atoms with Gasteiger partial charge in [-0.1, -0.05) is 45.7 Å². The minimum Gasteiger partial charge on any atom is -0.388 e. The molecule has 2 rings (SSSR count). The number of hydrogen-bond acceptors (Lipinski definition) is 1. The van der Waals surface area contributed by atoms with E-state index < -0.39 is 0 Å². The van der Waals surface area contributed by atoms with Gasteiger partial charge in [0, 0.05) is 24.1 Å². The molecular formula is C21H32N2. The Balaban J connectivity index is 2.23. The van der Waals surface area contributed by atoms with E-state index in [2.05, 4.69) is 68.3 Å². The second-order valence-electron chi connectivity index (χ2n) is 7.07. The predicted molar refractivity (Wildman–Crippen MR) is 102 cm³/mol. The smallest absolute Gasteiger partial charge is 0.0485 e. The number of aryl methyl sites for hydroxylation is 1. The lowest BCUT2D eigenvalue weighted by Gasteiger charge is -2.16. The maximum atomic E-state index is 3.72. The maximum absolute atomic E-state index is 3.72. The molecule has 1 atom stereocenters. The zero-order valence-electron chi connectivity index (χ0n) is 15.4. The number of nitrogens with one attached hydrogen (secondary N) is 2. The molecule has 0 amide bonds. The van der Waals surface area contributed by atoms with Crippen molar-refractivity contribution in [2.75, 3.05) is 12.4 Å². The van der Waals surface area contributed by atoms with E-state index in [1.54, 1.807) is 0 Å². The molecule has 1 heterocycles. The SMILES string of the molecule is CCCC(CCC(C)C)c1cc(C)c(-c2ccc(NC)cc2)[nH]1. The third-order valence-electron chi connectivity index (χ3n) is 4.67. The van der Waals surface area contributed by atoms with Crippen molar-refractivity contribution < 1.29 is 0 Å². The number of H-pyrrole nitrogens is 1. The number of aromatic nitrogens is 1. The molecule has 0 radical (unpaired) electrons. The van der Waals surface area contributed by atoms with Crippen LogP contribution in [-0.4, -0.2) is 12.0 Å². The lowest BCUT2D eigenvalue weighted by molar-refractivity contribution is 0.473. The molecule has 2 heteroatoms. The summed E-state index contributed by atoms with van der Waals surface area (Å²) in [5.41, 5.74) is 6.46. The van der Waals surface area contributed by atoms with Crippen molar-refractivity contribution in [3.05, 3.63) is 41.6 Å². The van der Waals surface area contributed by atoms with Crippen LogP contribution in [0.1, 0.15) is 63.6 Å². The summed E-state index contributed by atoms with van der Waals surface area (Å²) >= 11 is 0. The Kier molecular flexibility index (Phi) is 6.32. The molecule has 1 aromatic carbocycles. The van der Waals surface area contributed by atoms with E-state index in [9.17, 15) is 0 Å². The van der Waals surface area contributed by atoms with Crippen LogP contribution in [0.5, 0.6) is 0 Å². The van der Waals surface area contributed by atoms with Gasteiger partial charge in [-0.3, -0.25) is 0 Å². The Morgan fingerprint density at radius 1 is 1.04 bits per heavy atom. The highest BCUT2D eigenvalue weighted by Gasteiger charge is 2.16. The van der Waals surface area contributed by atoms with E-state index in [-0.39, 0.29) is 0 Å². The molecule has 126 valence electrons. The number of anilines is 1. The van der Waals surface area contributed by atoms with Crippen LogP contribution in [0.4, 0.5) is 5.69 Å². The summed E-state index contributed by atoms with van der Waals surface area (Å²) in [5.74, 6) is 1.44. The average molecular weight is 313 g/mol. The van der Waals surface area contributed by atoms with Crippen molar-refractivity contribution in [3.8, 4) is 11.3 Å². The summed E-state index contributed by atoms with van der Waals surface area (Å²) in [7, 11) is 1.96. The van der Waals surface area contributed by atoms with E-state index >= 15 is 0 Å². The number of rotatable bonds is 8. The fraction of sp³-hybridized carbons (Fsp3) is 0.524.